The Bertz CT molecular complexity index is 1020. The summed E-state index contributed by atoms with van der Waals surface area (Å²) in [6, 6.07) is 0. The summed E-state index contributed by atoms with van der Waals surface area (Å²) in [5, 5.41) is 34.3. The lowest BCUT2D eigenvalue weighted by Crippen LogP contribution is -2.59. The van der Waals surface area contributed by atoms with E-state index in [1.165, 1.54) is 12.8 Å². The molecule has 0 radical (unpaired) electrons. The third-order valence-electron chi connectivity index (χ3n) is 14.4. The van der Waals surface area contributed by atoms with Crippen LogP contribution in [-0.4, -0.2) is 57.4 Å². The molecule has 0 bridgehead atoms. The Morgan fingerprint density at radius 2 is 1.67 bits per heavy atom. The summed E-state index contributed by atoms with van der Waals surface area (Å²) in [5.74, 6) is 1.18. The maximum Gasteiger partial charge on any atom is 0.305 e. The smallest absolute Gasteiger partial charge is 0.305 e. The van der Waals surface area contributed by atoms with Gasteiger partial charge >= 0.3 is 5.97 Å². The fraction of sp³-hybridized carbons (Fsp3) is 0.970. The van der Waals surface area contributed by atoms with E-state index in [0.29, 0.717) is 23.7 Å². The topological polar surface area (TPSA) is 96.2 Å². The van der Waals surface area contributed by atoms with Crippen molar-refractivity contribution in [2.75, 3.05) is 0 Å². The molecule has 0 aromatic heterocycles. The van der Waals surface area contributed by atoms with Crippen molar-refractivity contribution in [1.29, 1.82) is 0 Å². The number of hydrogen-bond acceptors (Lipinski definition) is 6. The van der Waals surface area contributed by atoms with Gasteiger partial charge in [-0.25, -0.2) is 0 Å². The summed E-state index contributed by atoms with van der Waals surface area (Å²) < 4.78 is 12.6. The molecular weight excluding hydrogens is 492 g/mol. The van der Waals surface area contributed by atoms with Crippen LogP contribution in [0.4, 0.5) is 0 Å². The van der Waals surface area contributed by atoms with Crippen LogP contribution in [0.25, 0.3) is 0 Å². The molecule has 1 heterocycles. The maximum absolute atomic E-state index is 12.4. The lowest BCUT2D eigenvalue weighted by molar-refractivity contribution is -0.217. The number of rotatable bonds is 4. The molecule has 2 unspecified atom stereocenters. The molecule has 6 rings (SSSR count). The monoisotopic (exact) mass is 546 g/mol. The van der Waals surface area contributed by atoms with Crippen LogP contribution in [0.2, 0.25) is 0 Å². The molecule has 1 aliphatic heterocycles. The molecule has 0 aromatic rings. The van der Waals surface area contributed by atoms with Crippen molar-refractivity contribution in [3.8, 4) is 0 Å². The quantitative estimate of drug-likeness (QED) is 0.417. The number of aliphatic hydroxyl groups excluding tert-OH is 2. The average Bonchev–Trinajstić information content (AvgIpc) is 3.49. The fourth-order valence-electron chi connectivity index (χ4n) is 12.4. The van der Waals surface area contributed by atoms with Gasteiger partial charge < -0.3 is 24.8 Å². The van der Waals surface area contributed by atoms with Gasteiger partial charge in [-0.2, -0.15) is 0 Å². The summed E-state index contributed by atoms with van der Waals surface area (Å²) in [5.41, 5.74) is -1.02. The lowest BCUT2D eigenvalue weighted by atomic mass is 9.41. The molecule has 6 heteroatoms. The predicted molar refractivity (Wildman–Crippen MR) is 149 cm³/mol. The number of ether oxygens (including phenoxy) is 2. The highest BCUT2D eigenvalue weighted by atomic mass is 16.6. The first-order chi connectivity index (χ1) is 18.0. The first-order valence-corrected chi connectivity index (χ1v) is 15.9. The molecule has 222 valence electrons. The number of aliphatic hydroxyl groups is 3. The molecule has 6 fully saturated rings. The van der Waals surface area contributed by atoms with E-state index in [4.69, 9.17) is 9.47 Å². The van der Waals surface area contributed by atoms with Gasteiger partial charge in [-0.15, -0.1) is 0 Å². The molecule has 0 aromatic carbocycles. The Morgan fingerprint density at radius 3 is 2.31 bits per heavy atom. The molecule has 39 heavy (non-hydrogen) atoms. The van der Waals surface area contributed by atoms with Crippen LogP contribution in [0.3, 0.4) is 0 Å². The molecule has 6 nitrogen and oxygen atoms in total. The van der Waals surface area contributed by atoms with Crippen molar-refractivity contribution in [3.63, 3.8) is 0 Å². The van der Waals surface area contributed by atoms with Gasteiger partial charge in [-0.05, 0) is 111 Å². The predicted octanol–water partition coefficient (Wildman–Crippen LogP) is 5.25. The summed E-state index contributed by atoms with van der Waals surface area (Å²) in [6.45, 7) is 16.8. The summed E-state index contributed by atoms with van der Waals surface area (Å²) in [4.78, 5) is 12.3. The van der Waals surface area contributed by atoms with Gasteiger partial charge in [-0.3, -0.25) is 4.79 Å². The Labute approximate surface area is 235 Å². The molecule has 5 saturated carbocycles. The Balaban J connectivity index is 1.34. The van der Waals surface area contributed by atoms with Crippen molar-refractivity contribution in [3.05, 3.63) is 0 Å². The second kappa shape index (κ2) is 8.45. The Hall–Kier alpha value is -0.690. The summed E-state index contributed by atoms with van der Waals surface area (Å²) >= 11 is 0. The van der Waals surface area contributed by atoms with Gasteiger partial charge in [0, 0.05) is 11.8 Å². The highest BCUT2D eigenvalue weighted by Gasteiger charge is 2.84. The van der Waals surface area contributed by atoms with Gasteiger partial charge in [0.15, 0.2) is 6.10 Å². The van der Waals surface area contributed by atoms with E-state index in [-0.39, 0.29) is 58.1 Å². The molecule has 6 aliphatic rings. The van der Waals surface area contributed by atoms with Crippen molar-refractivity contribution in [1.82, 2.24) is 0 Å². The molecule has 2 spiro atoms. The largest absolute Gasteiger partial charge is 0.457 e. The molecule has 13 atom stereocenters. The van der Waals surface area contributed by atoms with E-state index in [9.17, 15) is 20.1 Å². The van der Waals surface area contributed by atoms with Gasteiger partial charge in [0.1, 0.15) is 0 Å². The van der Waals surface area contributed by atoms with E-state index >= 15 is 0 Å². The zero-order chi connectivity index (χ0) is 28.6. The second-order valence-electron chi connectivity index (χ2n) is 16.5. The highest BCUT2D eigenvalue weighted by Crippen LogP contribution is 2.89. The van der Waals surface area contributed by atoms with Crippen LogP contribution in [0.1, 0.15) is 113 Å². The zero-order valence-corrected chi connectivity index (χ0v) is 25.6. The number of hydrogen-bond donors (Lipinski definition) is 3. The lowest BCUT2D eigenvalue weighted by Gasteiger charge is -2.63. The highest BCUT2D eigenvalue weighted by molar-refractivity contribution is 5.69. The number of esters is 1. The van der Waals surface area contributed by atoms with Crippen LogP contribution < -0.4 is 0 Å². The Kier molecular flexibility index (Phi) is 6.16. The minimum absolute atomic E-state index is 0.0397. The molecule has 3 N–H and O–H groups in total. The third-order valence-corrected chi connectivity index (χ3v) is 14.4. The van der Waals surface area contributed by atoms with Crippen LogP contribution >= 0.6 is 0 Å². The van der Waals surface area contributed by atoms with E-state index in [0.717, 1.165) is 32.1 Å². The third kappa shape index (κ3) is 3.38. The number of carbonyl (C=O) groups excluding carboxylic acids is 1. The molecular formula is C33H54O6. The maximum atomic E-state index is 12.4. The van der Waals surface area contributed by atoms with Gasteiger partial charge in [0.05, 0.1) is 30.0 Å². The van der Waals surface area contributed by atoms with E-state index in [1.807, 2.05) is 0 Å². The molecule has 5 aliphatic carbocycles. The number of fused-ring (bicyclic) bond motifs is 4. The van der Waals surface area contributed by atoms with E-state index in [1.54, 1.807) is 20.8 Å². The first-order valence-electron chi connectivity index (χ1n) is 15.9. The van der Waals surface area contributed by atoms with Gasteiger partial charge in [0.2, 0.25) is 0 Å². The standard InChI is InChI=1S/C33H54O6/c1-9-23(35)39-27(29(5,6)37)19-16-18(2)24-25(38-19)26(36)31(8)21-11-10-20-28(3,4)22(34)12-13-32(20)17-33(21,32)15-14-30(24,31)7/h18-22,24-27,34,36-37H,9-17H2,1-8H3/t18-,19-,20+,21+,22+,24?,25?,26+,27+,30-,31-,32-,33+/m1/s1. The normalized spacial score (nSPS) is 54.3. The summed E-state index contributed by atoms with van der Waals surface area (Å²) in [6.07, 6.45) is 6.45. The van der Waals surface area contributed by atoms with Crippen LogP contribution in [0.5, 0.6) is 0 Å². The Morgan fingerprint density at radius 1 is 1.03 bits per heavy atom. The molecule has 0 amide bonds. The average molecular weight is 547 g/mol. The fourth-order valence-corrected chi connectivity index (χ4v) is 12.4. The van der Waals surface area contributed by atoms with Crippen LogP contribution in [-0.2, 0) is 14.3 Å². The molecule has 1 saturated heterocycles. The minimum atomic E-state index is -1.24. The number of carbonyl (C=O) groups is 1. The SMILES string of the molecule is CCC(=O)O[C@@H]([C@H]1C[C@@H](C)C2C(O1)[C@H](O)[C@@]1(C)[C@@H]3CC[C@H]4C(C)(C)[C@@H](O)CC[C@@]45C[C@@]35CC[C@]21C)C(C)(C)O. The van der Waals surface area contributed by atoms with Crippen molar-refractivity contribution >= 4 is 5.97 Å². The first kappa shape index (κ1) is 28.4. The van der Waals surface area contributed by atoms with Crippen LogP contribution in [0.15, 0.2) is 0 Å². The minimum Gasteiger partial charge on any atom is -0.457 e. The van der Waals surface area contributed by atoms with Gasteiger partial charge in [0.25, 0.3) is 0 Å². The van der Waals surface area contributed by atoms with Crippen molar-refractivity contribution in [2.45, 2.75) is 149 Å². The van der Waals surface area contributed by atoms with Gasteiger partial charge in [-0.1, -0.05) is 41.5 Å². The van der Waals surface area contributed by atoms with E-state index in [2.05, 4.69) is 34.6 Å². The van der Waals surface area contributed by atoms with Crippen LogP contribution in [0, 0.1) is 50.7 Å². The van der Waals surface area contributed by atoms with Crippen molar-refractivity contribution < 1.29 is 29.6 Å². The van der Waals surface area contributed by atoms with E-state index < -0.39 is 23.9 Å². The zero-order valence-electron chi connectivity index (χ0n) is 25.6. The summed E-state index contributed by atoms with van der Waals surface area (Å²) in [7, 11) is 0. The second-order valence-corrected chi connectivity index (χ2v) is 16.5. The van der Waals surface area contributed by atoms with Crippen molar-refractivity contribution in [2.24, 2.45) is 50.7 Å².